The second-order valence-electron chi connectivity index (χ2n) is 4.58. The van der Waals surface area contributed by atoms with Gasteiger partial charge in [-0.25, -0.2) is 9.55 Å². The first kappa shape index (κ1) is 18.7. The zero-order valence-corrected chi connectivity index (χ0v) is 15.3. The second kappa shape index (κ2) is 8.48. The first-order valence-electron chi connectivity index (χ1n) is 6.94. The van der Waals surface area contributed by atoms with Crippen LogP contribution in [0.15, 0.2) is 33.5 Å². The third-order valence-corrected chi connectivity index (χ3v) is 4.35. The van der Waals surface area contributed by atoms with E-state index < -0.39 is 16.7 Å². The lowest BCUT2D eigenvalue weighted by Crippen LogP contribution is -2.36. The van der Waals surface area contributed by atoms with E-state index in [9.17, 15) is 19.7 Å². The van der Waals surface area contributed by atoms with E-state index in [1.807, 2.05) is 0 Å². The third kappa shape index (κ3) is 4.93. The standard InChI is InChI=1S/C13H13BrN6O4S/c1-2-8(17-11(22)9-7-25-12(14)18-9)10(21)15-3-5-19-6-4-16-13(19)20(23)24/h2,4,6-7H,3,5H2,1H3,(H,15,21)(H,17,22)/b8-2-. The molecule has 0 bridgehead atoms. The van der Waals surface area contributed by atoms with Gasteiger partial charge in [0.25, 0.3) is 11.8 Å². The fourth-order valence-electron chi connectivity index (χ4n) is 1.84. The Morgan fingerprint density at radius 3 is 2.88 bits per heavy atom. The summed E-state index contributed by atoms with van der Waals surface area (Å²) in [5, 5.41) is 17.4. The molecule has 2 aromatic heterocycles. The highest BCUT2D eigenvalue weighted by Crippen LogP contribution is 2.15. The smallest absolute Gasteiger partial charge is 0.390 e. The highest BCUT2D eigenvalue weighted by atomic mass is 79.9. The molecule has 0 unspecified atom stereocenters. The van der Waals surface area contributed by atoms with Gasteiger partial charge in [-0.15, -0.1) is 11.3 Å². The van der Waals surface area contributed by atoms with Crippen LogP contribution in [0, 0.1) is 10.1 Å². The first-order chi connectivity index (χ1) is 11.9. The number of carbonyl (C=O) groups is 2. The molecule has 10 nitrogen and oxygen atoms in total. The maximum Gasteiger partial charge on any atom is 0.434 e. The van der Waals surface area contributed by atoms with Crippen LogP contribution in [0.4, 0.5) is 5.95 Å². The summed E-state index contributed by atoms with van der Waals surface area (Å²) in [6.45, 7) is 1.91. The minimum absolute atomic E-state index is 0.0641. The maximum atomic E-state index is 12.1. The Labute approximate surface area is 154 Å². The number of allylic oxidation sites excluding steroid dienone is 1. The van der Waals surface area contributed by atoms with Crippen molar-refractivity contribution in [3.63, 3.8) is 0 Å². The number of aromatic nitrogens is 3. The van der Waals surface area contributed by atoms with Gasteiger partial charge in [-0.1, -0.05) is 11.1 Å². The van der Waals surface area contributed by atoms with Crippen molar-refractivity contribution in [3.05, 3.63) is 49.3 Å². The topological polar surface area (TPSA) is 132 Å². The molecule has 0 aliphatic rings. The van der Waals surface area contributed by atoms with Crippen molar-refractivity contribution in [2.75, 3.05) is 6.54 Å². The van der Waals surface area contributed by atoms with Crippen LogP contribution in [0.3, 0.4) is 0 Å². The molecule has 2 aromatic rings. The molecule has 0 fully saturated rings. The predicted octanol–water partition coefficient (Wildman–Crippen LogP) is 1.46. The fraction of sp³-hybridized carbons (Fsp3) is 0.231. The lowest BCUT2D eigenvalue weighted by atomic mass is 10.3. The zero-order valence-electron chi connectivity index (χ0n) is 12.9. The minimum atomic E-state index is -0.606. The van der Waals surface area contributed by atoms with Gasteiger partial charge in [-0.05, 0) is 27.8 Å². The Morgan fingerprint density at radius 1 is 1.52 bits per heavy atom. The molecule has 132 valence electrons. The molecule has 2 N–H and O–H groups in total. The number of rotatable bonds is 7. The Balaban J connectivity index is 1.89. The molecule has 0 spiro atoms. The van der Waals surface area contributed by atoms with Gasteiger partial charge < -0.3 is 20.7 Å². The van der Waals surface area contributed by atoms with Crippen molar-refractivity contribution in [1.82, 2.24) is 25.2 Å². The van der Waals surface area contributed by atoms with Crippen molar-refractivity contribution in [3.8, 4) is 0 Å². The summed E-state index contributed by atoms with van der Waals surface area (Å²) >= 11 is 4.41. The maximum absolute atomic E-state index is 12.1. The molecule has 2 heterocycles. The first-order valence-corrected chi connectivity index (χ1v) is 8.62. The van der Waals surface area contributed by atoms with E-state index in [1.54, 1.807) is 12.3 Å². The summed E-state index contributed by atoms with van der Waals surface area (Å²) in [7, 11) is 0. The van der Waals surface area contributed by atoms with Crippen LogP contribution >= 0.6 is 27.3 Å². The largest absolute Gasteiger partial charge is 0.434 e. The Hall–Kier alpha value is -2.60. The number of hydrogen-bond donors (Lipinski definition) is 2. The third-order valence-electron chi connectivity index (χ3n) is 2.99. The van der Waals surface area contributed by atoms with Crippen LogP contribution in [0.1, 0.15) is 17.4 Å². The van der Waals surface area contributed by atoms with Crippen molar-refractivity contribution in [2.24, 2.45) is 0 Å². The van der Waals surface area contributed by atoms with Crippen LogP contribution in [0.5, 0.6) is 0 Å². The molecule has 0 aliphatic heterocycles. The van der Waals surface area contributed by atoms with Crippen molar-refractivity contribution >= 4 is 45.0 Å². The van der Waals surface area contributed by atoms with E-state index in [1.165, 1.54) is 34.4 Å². The van der Waals surface area contributed by atoms with Crippen LogP contribution in [-0.2, 0) is 11.3 Å². The number of thiazole rings is 1. The highest BCUT2D eigenvalue weighted by Gasteiger charge is 2.17. The molecule has 0 radical (unpaired) electrons. The average Bonchev–Trinajstić information content (AvgIpc) is 3.21. The van der Waals surface area contributed by atoms with Gasteiger partial charge in [0.15, 0.2) is 3.92 Å². The van der Waals surface area contributed by atoms with Crippen molar-refractivity contribution in [2.45, 2.75) is 13.5 Å². The highest BCUT2D eigenvalue weighted by molar-refractivity contribution is 9.11. The van der Waals surface area contributed by atoms with Gasteiger partial charge >= 0.3 is 5.95 Å². The zero-order chi connectivity index (χ0) is 18.4. The van der Waals surface area contributed by atoms with E-state index in [4.69, 9.17) is 0 Å². The van der Waals surface area contributed by atoms with E-state index in [-0.39, 0.29) is 30.4 Å². The fourth-order valence-corrected chi connectivity index (χ4v) is 2.83. The molecule has 0 atom stereocenters. The monoisotopic (exact) mass is 428 g/mol. The van der Waals surface area contributed by atoms with Gasteiger partial charge in [0.05, 0.1) is 6.54 Å². The molecule has 0 saturated carbocycles. The van der Waals surface area contributed by atoms with Crippen LogP contribution in [-0.4, -0.2) is 37.8 Å². The molecule has 25 heavy (non-hydrogen) atoms. The second-order valence-corrected chi connectivity index (χ2v) is 6.71. The number of nitrogens with zero attached hydrogens (tertiary/aromatic N) is 4. The molecule has 0 aliphatic carbocycles. The predicted molar refractivity (Wildman–Crippen MR) is 92.9 cm³/mol. The normalized spacial score (nSPS) is 11.2. The Kier molecular flexibility index (Phi) is 6.36. The van der Waals surface area contributed by atoms with E-state index in [2.05, 4.69) is 36.5 Å². The summed E-state index contributed by atoms with van der Waals surface area (Å²) in [6.07, 6.45) is 4.21. The lowest BCUT2D eigenvalue weighted by molar-refractivity contribution is -0.396. The van der Waals surface area contributed by atoms with Crippen molar-refractivity contribution in [1.29, 1.82) is 0 Å². The molecular weight excluding hydrogens is 416 g/mol. The number of hydrogen-bond acceptors (Lipinski definition) is 7. The van der Waals surface area contributed by atoms with Gasteiger partial charge in [0.1, 0.15) is 23.8 Å². The summed E-state index contributed by atoms with van der Waals surface area (Å²) in [5.41, 5.74) is 0.257. The van der Waals surface area contributed by atoms with Crippen LogP contribution < -0.4 is 10.6 Å². The number of amides is 2. The molecule has 0 aromatic carbocycles. The van der Waals surface area contributed by atoms with Gasteiger partial charge in [0.2, 0.25) is 0 Å². The number of nitrogens with one attached hydrogen (secondary N) is 2. The lowest BCUT2D eigenvalue weighted by Gasteiger charge is -2.09. The summed E-state index contributed by atoms with van der Waals surface area (Å²) < 4.78 is 1.87. The van der Waals surface area contributed by atoms with Crippen LogP contribution in [0.2, 0.25) is 0 Å². The van der Waals surface area contributed by atoms with Crippen LogP contribution in [0.25, 0.3) is 0 Å². The minimum Gasteiger partial charge on any atom is -0.390 e. The molecule has 2 rings (SSSR count). The summed E-state index contributed by atoms with van der Waals surface area (Å²) in [4.78, 5) is 41.9. The molecule has 0 saturated heterocycles. The number of halogens is 1. The Bertz CT molecular complexity index is 830. The molecule has 12 heteroatoms. The average molecular weight is 429 g/mol. The summed E-state index contributed by atoms with van der Waals surface area (Å²) in [6, 6.07) is 0. The van der Waals surface area contributed by atoms with E-state index >= 15 is 0 Å². The number of carbonyl (C=O) groups excluding carboxylic acids is 2. The molecular formula is C13H13BrN6O4S. The van der Waals surface area contributed by atoms with Gasteiger partial charge in [-0.3, -0.25) is 9.59 Å². The van der Waals surface area contributed by atoms with E-state index in [0.717, 1.165) is 0 Å². The van der Waals surface area contributed by atoms with Crippen molar-refractivity contribution < 1.29 is 14.5 Å². The van der Waals surface area contributed by atoms with Gasteiger partial charge in [-0.2, -0.15) is 0 Å². The van der Waals surface area contributed by atoms with Gasteiger partial charge in [0, 0.05) is 11.9 Å². The Morgan fingerprint density at radius 2 is 2.28 bits per heavy atom. The summed E-state index contributed by atoms with van der Waals surface area (Å²) in [5.74, 6) is -1.31. The molecule has 2 amide bonds. The SMILES string of the molecule is C/C=C(\NC(=O)c1csc(Br)n1)C(=O)NCCn1ccnc1[N+](=O)[O-]. The van der Waals surface area contributed by atoms with E-state index in [0.29, 0.717) is 3.92 Å². The quantitative estimate of drug-likeness (QED) is 0.389. The number of imidazole rings is 1. The number of nitro groups is 1.